The van der Waals surface area contributed by atoms with Crippen molar-refractivity contribution in [2.75, 3.05) is 16.8 Å². The molecule has 0 spiro atoms. The Kier molecular flexibility index (Phi) is 11.7. The highest BCUT2D eigenvalue weighted by Crippen LogP contribution is 2.39. The molecule has 0 aliphatic carbocycles. The number of aryl methyl sites for hydroxylation is 1. The van der Waals surface area contributed by atoms with Crippen LogP contribution in [0.4, 0.5) is 11.4 Å². The maximum absolute atomic E-state index is 12.4. The topological polar surface area (TPSA) is 167 Å². The van der Waals surface area contributed by atoms with Gasteiger partial charge in [0.05, 0.1) is 30.2 Å². The molecular weight excluding hydrogens is 606 g/mol. The standard InChI is InChI=1S/C33H39N7O5S/c1-40-33(37-38-39-40)46-21-26-18-29(24-14-12-23(20-41)13-15-24)45-32(44-26)25-16-10-22(11-17-25)19-35-30(42)8-4-5-9-31(43)36-28-7-3-2-6-27(28)34/h2-3,6-7,10-17,26,29,32,41H,4-5,8-9,18-21,34H2,1H3,(H,35,42)(H,36,43). The number of unbranched alkanes of at least 4 members (excludes halogenated alkanes) is 1. The van der Waals surface area contributed by atoms with Crippen LogP contribution in [0.2, 0.25) is 0 Å². The smallest absolute Gasteiger partial charge is 0.224 e. The van der Waals surface area contributed by atoms with Crippen molar-refractivity contribution in [1.29, 1.82) is 0 Å². The van der Waals surface area contributed by atoms with Crippen LogP contribution in [0.1, 0.15) is 66.8 Å². The number of thioether (sulfide) groups is 1. The number of benzene rings is 3. The lowest BCUT2D eigenvalue weighted by atomic mass is 10.0. The van der Waals surface area contributed by atoms with Gasteiger partial charge in [-0.1, -0.05) is 72.4 Å². The zero-order valence-electron chi connectivity index (χ0n) is 25.7. The van der Waals surface area contributed by atoms with E-state index in [1.165, 1.54) is 11.8 Å². The van der Waals surface area contributed by atoms with Crippen molar-refractivity contribution in [1.82, 2.24) is 25.5 Å². The number of nitrogens with zero attached hydrogens (tertiary/aromatic N) is 4. The van der Waals surface area contributed by atoms with E-state index in [-0.39, 0.29) is 30.6 Å². The number of hydrogen-bond donors (Lipinski definition) is 4. The third kappa shape index (κ3) is 9.36. The van der Waals surface area contributed by atoms with Crippen LogP contribution in [-0.2, 0) is 39.3 Å². The lowest BCUT2D eigenvalue weighted by Crippen LogP contribution is -2.31. The molecule has 1 saturated heterocycles. The number of rotatable bonds is 14. The molecule has 13 heteroatoms. The van der Waals surface area contributed by atoms with Crippen molar-refractivity contribution < 1.29 is 24.2 Å². The highest BCUT2D eigenvalue weighted by molar-refractivity contribution is 7.99. The molecule has 46 heavy (non-hydrogen) atoms. The number of tetrazole rings is 1. The molecule has 1 fully saturated rings. The van der Waals surface area contributed by atoms with Crippen molar-refractivity contribution in [2.24, 2.45) is 7.05 Å². The predicted octanol–water partition coefficient (Wildman–Crippen LogP) is 4.44. The van der Waals surface area contributed by atoms with Crippen molar-refractivity contribution >= 4 is 35.0 Å². The number of aliphatic hydroxyl groups is 1. The number of hydrogen-bond acceptors (Lipinski definition) is 10. The summed E-state index contributed by atoms with van der Waals surface area (Å²) in [7, 11) is 1.80. The first-order valence-corrected chi connectivity index (χ1v) is 16.2. The zero-order chi connectivity index (χ0) is 32.3. The number of amides is 2. The first-order chi connectivity index (χ1) is 22.4. The fraction of sp³-hybridized carbons (Fsp3) is 0.364. The van der Waals surface area contributed by atoms with Crippen LogP contribution in [0.3, 0.4) is 0 Å². The number of nitrogens with two attached hydrogens (primary N) is 1. The fourth-order valence-corrected chi connectivity index (χ4v) is 5.88. The minimum Gasteiger partial charge on any atom is -0.397 e. The van der Waals surface area contributed by atoms with Crippen LogP contribution >= 0.6 is 11.8 Å². The third-order valence-electron chi connectivity index (χ3n) is 7.63. The summed E-state index contributed by atoms with van der Waals surface area (Å²) in [5.41, 5.74) is 10.7. The van der Waals surface area contributed by atoms with Crippen molar-refractivity contribution in [3.8, 4) is 0 Å². The largest absolute Gasteiger partial charge is 0.397 e. The summed E-state index contributed by atoms with van der Waals surface area (Å²) in [6.45, 7) is 0.379. The lowest BCUT2D eigenvalue weighted by molar-refractivity contribution is -0.245. The Morgan fingerprint density at radius 1 is 0.957 bits per heavy atom. The van der Waals surface area contributed by atoms with E-state index in [1.54, 1.807) is 23.9 Å². The van der Waals surface area contributed by atoms with Crippen LogP contribution < -0.4 is 16.4 Å². The monoisotopic (exact) mass is 645 g/mol. The molecule has 0 radical (unpaired) electrons. The van der Waals surface area contributed by atoms with E-state index in [1.807, 2.05) is 60.7 Å². The van der Waals surface area contributed by atoms with Gasteiger partial charge in [0.1, 0.15) is 0 Å². The summed E-state index contributed by atoms with van der Waals surface area (Å²) in [6, 6.07) is 22.7. The summed E-state index contributed by atoms with van der Waals surface area (Å²) < 4.78 is 14.5. The summed E-state index contributed by atoms with van der Waals surface area (Å²) in [6.07, 6.45) is 1.62. The minimum atomic E-state index is -0.585. The normalized spacial score (nSPS) is 17.8. The molecule has 1 aliphatic heterocycles. The van der Waals surface area contributed by atoms with Gasteiger partial charge < -0.3 is 30.9 Å². The van der Waals surface area contributed by atoms with E-state index in [2.05, 4.69) is 26.2 Å². The van der Waals surface area contributed by atoms with Crippen LogP contribution in [0.15, 0.2) is 78.0 Å². The molecule has 2 heterocycles. The van der Waals surface area contributed by atoms with Gasteiger partial charge in [-0.2, -0.15) is 0 Å². The van der Waals surface area contributed by atoms with E-state index in [0.717, 1.165) is 22.3 Å². The number of para-hydroxylation sites is 2. The predicted molar refractivity (Wildman–Crippen MR) is 174 cm³/mol. The van der Waals surface area contributed by atoms with Crippen LogP contribution in [0.25, 0.3) is 0 Å². The second-order valence-corrected chi connectivity index (χ2v) is 12.1. The highest BCUT2D eigenvalue weighted by atomic mass is 32.2. The van der Waals surface area contributed by atoms with Crippen molar-refractivity contribution in [3.63, 3.8) is 0 Å². The van der Waals surface area contributed by atoms with E-state index in [0.29, 0.717) is 60.9 Å². The number of nitrogens with one attached hydrogen (secondary N) is 2. The third-order valence-corrected chi connectivity index (χ3v) is 8.77. The van der Waals surface area contributed by atoms with Gasteiger partial charge in [-0.05, 0) is 52.1 Å². The van der Waals surface area contributed by atoms with Gasteiger partial charge in [0.15, 0.2) is 6.29 Å². The number of aromatic nitrogens is 4. The van der Waals surface area contributed by atoms with Crippen LogP contribution in [-0.4, -0.2) is 49.0 Å². The van der Waals surface area contributed by atoms with Gasteiger partial charge in [-0.15, -0.1) is 5.10 Å². The molecule has 242 valence electrons. The number of aliphatic hydroxyl groups excluding tert-OH is 1. The minimum absolute atomic E-state index is 0.0144. The van der Waals surface area contributed by atoms with E-state index >= 15 is 0 Å². The Hall–Kier alpha value is -4.30. The summed E-state index contributed by atoms with van der Waals surface area (Å²) in [4.78, 5) is 24.6. The molecule has 3 atom stereocenters. The summed E-state index contributed by atoms with van der Waals surface area (Å²) >= 11 is 1.53. The average Bonchev–Trinajstić information content (AvgIpc) is 3.50. The molecule has 0 bridgehead atoms. The number of nitrogen functional groups attached to an aromatic ring is 1. The van der Waals surface area contributed by atoms with Crippen molar-refractivity contribution in [2.45, 2.75) is 68.9 Å². The second-order valence-electron chi connectivity index (χ2n) is 11.1. The molecule has 5 rings (SSSR count). The molecular formula is C33H39N7O5S. The van der Waals surface area contributed by atoms with E-state index in [4.69, 9.17) is 15.2 Å². The van der Waals surface area contributed by atoms with E-state index in [9.17, 15) is 14.7 Å². The Balaban J connectivity index is 1.10. The molecule has 4 aromatic rings. The van der Waals surface area contributed by atoms with Gasteiger partial charge in [0.25, 0.3) is 0 Å². The Morgan fingerprint density at radius 2 is 1.65 bits per heavy atom. The number of ether oxygens (including phenoxy) is 2. The first-order valence-electron chi connectivity index (χ1n) is 15.2. The molecule has 3 unspecified atom stereocenters. The maximum atomic E-state index is 12.4. The lowest BCUT2D eigenvalue weighted by Gasteiger charge is -2.36. The summed E-state index contributed by atoms with van der Waals surface area (Å²) in [5, 5.41) is 27.6. The maximum Gasteiger partial charge on any atom is 0.224 e. The zero-order valence-corrected chi connectivity index (χ0v) is 26.5. The van der Waals surface area contributed by atoms with Gasteiger partial charge >= 0.3 is 0 Å². The molecule has 5 N–H and O–H groups in total. The molecule has 12 nitrogen and oxygen atoms in total. The molecule has 1 aliphatic rings. The van der Waals surface area contributed by atoms with Gasteiger partial charge in [0.2, 0.25) is 17.0 Å². The molecule has 2 amide bonds. The molecule has 0 saturated carbocycles. The van der Waals surface area contributed by atoms with Gasteiger partial charge in [-0.25, -0.2) is 4.68 Å². The Morgan fingerprint density at radius 3 is 2.35 bits per heavy atom. The Bertz CT molecular complexity index is 1580. The quantitative estimate of drug-likeness (QED) is 0.0875. The summed E-state index contributed by atoms with van der Waals surface area (Å²) in [5.74, 6) is 0.461. The van der Waals surface area contributed by atoms with Gasteiger partial charge in [-0.3, -0.25) is 9.59 Å². The molecule has 3 aromatic carbocycles. The van der Waals surface area contributed by atoms with Crippen molar-refractivity contribution in [3.05, 3.63) is 95.1 Å². The number of anilines is 2. The Labute approximate surface area is 272 Å². The highest BCUT2D eigenvalue weighted by Gasteiger charge is 2.32. The number of carbonyl (C=O) groups is 2. The SMILES string of the molecule is Cn1nnnc1SCC1CC(c2ccc(CO)cc2)OC(c2ccc(CNC(=O)CCCCC(=O)Nc3ccccc3N)cc2)O1. The molecule has 1 aromatic heterocycles. The van der Waals surface area contributed by atoms with Gasteiger partial charge in [0, 0.05) is 44.2 Å². The van der Waals surface area contributed by atoms with Crippen LogP contribution in [0, 0.1) is 0 Å². The average molecular weight is 646 g/mol. The first kappa shape index (κ1) is 33.1. The fourth-order valence-electron chi connectivity index (χ4n) is 5.01. The van der Waals surface area contributed by atoms with Crippen LogP contribution in [0.5, 0.6) is 0 Å². The second kappa shape index (κ2) is 16.3. The number of carbonyl (C=O) groups excluding carboxylic acids is 2. The van der Waals surface area contributed by atoms with E-state index < -0.39 is 6.29 Å².